The summed E-state index contributed by atoms with van der Waals surface area (Å²) in [6.45, 7) is 2.06. The maximum Gasteiger partial charge on any atom is 0.204 e. The summed E-state index contributed by atoms with van der Waals surface area (Å²) in [4.78, 5) is 12.7. The summed E-state index contributed by atoms with van der Waals surface area (Å²) in [5.74, 6) is 0.159. The highest BCUT2D eigenvalue weighted by atomic mass is 19.1. The van der Waals surface area contributed by atoms with Crippen molar-refractivity contribution in [3.05, 3.63) is 35.8 Å². The second kappa shape index (κ2) is 4.48. The Kier molecular flexibility index (Phi) is 2.92. The van der Waals surface area contributed by atoms with Gasteiger partial charge >= 0.3 is 0 Å². The van der Waals surface area contributed by atoms with Gasteiger partial charge in [-0.25, -0.2) is 4.39 Å². The fourth-order valence-electron chi connectivity index (χ4n) is 3.18. The Labute approximate surface area is 111 Å². The molecule has 0 amide bonds. The van der Waals surface area contributed by atoms with Crippen molar-refractivity contribution in [1.82, 2.24) is 0 Å². The molecule has 1 aliphatic rings. The largest absolute Gasteiger partial charge is 0.453 e. The van der Waals surface area contributed by atoms with E-state index in [1.165, 1.54) is 12.1 Å². The Bertz CT molecular complexity index is 621. The Balaban J connectivity index is 2.01. The van der Waals surface area contributed by atoms with Crippen LogP contribution in [0.2, 0.25) is 0 Å². The quantitative estimate of drug-likeness (QED) is 0.747. The fourth-order valence-corrected chi connectivity index (χ4v) is 3.18. The summed E-state index contributed by atoms with van der Waals surface area (Å²) >= 11 is 0. The molecule has 0 spiro atoms. The fraction of sp³-hybridized carbons (Fsp3) is 0.438. The standard InChI is InChI=1S/C16H17FO2/c1-2-16(7-3-4-8-16)15(18)14-10-11-9-12(17)5-6-13(11)19-14/h5-6,9-10H,2-4,7-8H2,1H3. The van der Waals surface area contributed by atoms with Crippen LogP contribution in [0.1, 0.15) is 49.6 Å². The van der Waals surface area contributed by atoms with Gasteiger partial charge in [0.25, 0.3) is 0 Å². The highest BCUT2D eigenvalue weighted by Crippen LogP contribution is 2.44. The molecule has 1 heterocycles. The number of halogens is 1. The number of hydrogen-bond acceptors (Lipinski definition) is 2. The molecule has 0 N–H and O–H groups in total. The second-order valence-electron chi connectivity index (χ2n) is 5.46. The summed E-state index contributed by atoms with van der Waals surface area (Å²) in [5.41, 5.74) is 0.320. The van der Waals surface area contributed by atoms with Crippen molar-refractivity contribution in [3.8, 4) is 0 Å². The van der Waals surface area contributed by atoms with Crippen LogP contribution < -0.4 is 0 Å². The number of hydrogen-bond donors (Lipinski definition) is 0. The van der Waals surface area contributed by atoms with Gasteiger partial charge in [-0.3, -0.25) is 4.79 Å². The third kappa shape index (κ3) is 1.97. The maximum absolute atomic E-state index is 13.2. The molecule has 19 heavy (non-hydrogen) atoms. The molecule has 100 valence electrons. The SMILES string of the molecule is CCC1(C(=O)c2cc3cc(F)ccc3o2)CCCC1. The van der Waals surface area contributed by atoms with Gasteiger partial charge < -0.3 is 4.42 Å². The Morgan fingerprint density at radius 3 is 2.74 bits per heavy atom. The third-order valence-electron chi connectivity index (χ3n) is 4.42. The number of furan rings is 1. The number of fused-ring (bicyclic) bond motifs is 1. The van der Waals surface area contributed by atoms with Crippen molar-refractivity contribution in [1.29, 1.82) is 0 Å². The first-order chi connectivity index (χ1) is 9.14. The van der Waals surface area contributed by atoms with Crippen molar-refractivity contribution in [2.24, 2.45) is 5.41 Å². The molecule has 3 heteroatoms. The molecule has 2 aromatic rings. The van der Waals surface area contributed by atoms with Crippen LogP contribution >= 0.6 is 0 Å². The van der Waals surface area contributed by atoms with Crippen LogP contribution in [0.4, 0.5) is 4.39 Å². The molecule has 1 aromatic carbocycles. The van der Waals surface area contributed by atoms with Crippen molar-refractivity contribution < 1.29 is 13.6 Å². The van der Waals surface area contributed by atoms with Crippen molar-refractivity contribution in [2.75, 3.05) is 0 Å². The molecule has 0 unspecified atom stereocenters. The van der Waals surface area contributed by atoms with Crippen LogP contribution in [0, 0.1) is 11.2 Å². The first kappa shape index (κ1) is 12.4. The molecule has 1 aliphatic carbocycles. The van der Waals surface area contributed by atoms with Gasteiger partial charge in [-0.15, -0.1) is 0 Å². The molecule has 1 aromatic heterocycles. The molecule has 0 aliphatic heterocycles. The minimum absolute atomic E-state index is 0.0871. The van der Waals surface area contributed by atoms with Crippen LogP contribution in [-0.4, -0.2) is 5.78 Å². The number of ketones is 1. The molecule has 2 nitrogen and oxygen atoms in total. The predicted octanol–water partition coefficient (Wildman–Crippen LogP) is 4.73. The predicted molar refractivity (Wildman–Crippen MR) is 71.7 cm³/mol. The van der Waals surface area contributed by atoms with Crippen LogP contribution in [-0.2, 0) is 0 Å². The van der Waals surface area contributed by atoms with Gasteiger partial charge in [0, 0.05) is 10.8 Å². The van der Waals surface area contributed by atoms with E-state index in [0.717, 1.165) is 32.1 Å². The summed E-state index contributed by atoms with van der Waals surface area (Å²) in [7, 11) is 0. The number of Topliss-reactive ketones (excluding diaryl/α,β-unsaturated/α-hetero) is 1. The van der Waals surface area contributed by atoms with Gasteiger partial charge in [0.05, 0.1) is 0 Å². The van der Waals surface area contributed by atoms with E-state index in [4.69, 9.17) is 4.42 Å². The zero-order valence-corrected chi connectivity index (χ0v) is 11.0. The Hall–Kier alpha value is -1.64. The van der Waals surface area contributed by atoms with Crippen LogP contribution in [0.15, 0.2) is 28.7 Å². The average molecular weight is 260 g/mol. The summed E-state index contributed by atoms with van der Waals surface area (Å²) in [6.07, 6.45) is 4.93. The lowest BCUT2D eigenvalue weighted by Gasteiger charge is -2.24. The molecular formula is C16H17FO2. The molecule has 0 radical (unpaired) electrons. The summed E-state index contributed by atoms with van der Waals surface area (Å²) < 4.78 is 18.8. The van der Waals surface area contributed by atoms with E-state index in [2.05, 4.69) is 6.92 Å². The van der Waals surface area contributed by atoms with Crippen LogP contribution in [0.5, 0.6) is 0 Å². The topological polar surface area (TPSA) is 30.2 Å². The number of rotatable bonds is 3. The van der Waals surface area contributed by atoms with Gasteiger partial charge in [0.1, 0.15) is 11.4 Å². The van der Waals surface area contributed by atoms with E-state index in [1.54, 1.807) is 12.1 Å². The molecule has 3 rings (SSSR count). The number of carbonyl (C=O) groups excluding carboxylic acids is 1. The number of carbonyl (C=O) groups is 1. The Morgan fingerprint density at radius 2 is 2.05 bits per heavy atom. The monoisotopic (exact) mass is 260 g/mol. The summed E-state index contributed by atoms with van der Waals surface area (Å²) in [5, 5.41) is 0.660. The molecule has 0 saturated heterocycles. The molecule has 1 saturated carbocycles. The zero-order valence-electron chi connectivity index (χ0n) is 11.0. The van der Waals surface area contributed by atoms with E-state index < -0.39 is 0 Å². The highest BCUT2D eigenvalue weighted by Gasteiger charge is 2.41. The lowest BCUT2D eigenvalue weighted by molar-refractivity contribution is 0.0762. The Morgan fingerprint density at radius 1 is 1.32 bits per heavy atom. The number of benzene rings is 1. The van der Waals surface area contributed by atoms with E-state index in [-0.39, 0.29) is 17.0 Å². The molecule has 0 atom stereocenters. The summed E-state index contributed by atoms with van der Waals surface area (Å²) in [6, 6.07) is 6.01. The van der Waals surface area contributed by atoms with Crippen molar-refractivity contribution in [2.45, 2.75) is 39.0 Å². The maximum atomic E-state index is 13.2. The first-order valence-corrected chi connectivity index (χ1v) is 6.88. The second-order valence-corrected chi connectivity index (χ2v) is 5.46. The van der Waals surface area contributed by atoms with E-state index in [9.17, 15) is 9.18 Å². The molecule has 1 fully saturated rings. The lowest BCUT2D eigenvalue weighted by Crippen LogP contribution is -2.26. The normalized spacial score (nSPS) is 18.0. The van der Waals surface area contributed by atoms with Gasteiger partial charge in [-0.2, -0.15) is 0 Å². The first-order valence-electron chi connectivity index (χ1n) is 6.88. The van der Waals surface area contributed by atoms with Gasteiger partial charge in [0.2, 0.25) is 5.78 Å². The lowest BCUT2D eigenvalue weighted by atomic mass is 9.78. The minimum atomic E-state index is -0.307. The van der Waals surface area contributed by atoms with E-state index in [0.29, 0.717) is 16.7 Å². The zero-order chi connectivity index (χ0) is 13.5. The van der Waals surface area contributed by atoms with E-state index >= 15 is 0 Å². The van der Waals surface area contributed by atoms with Gasteiger partial charge in [-0.1, -0.05) is 19.8 Å². The average Bonchev–Trinajstić information content (AvgIpc) is 3.04. The van der Waals surface area contributed by atoms with Crippen molar-refractivity contribution >= 4 is 16.8 Å². The third-order valence-corrected chi connectivity index (χ3v) is 4.42. The minimum Gasteiger partial charge on any atom is -0.453 e. The van der Waals surface area contributed by atoms with Crippen molar-refractivity contribution in [3.63, 3.8) is 0 Å². The van der Waals surface area contributed by atoms with Gasteiger partial charge in [-0.05, 0) is 43.5 Å². The molecule has 0 bridgehead atoms. The van der Waals surface area contributed by atoms with Crippen LogP contribution in [0.25, 0.3) is 11.0 Å². The molecular weight excluding hydrogens is 243 g/mol. The van der Waals surface area contributed by atoms with Gasteiger partial charge in [0.15, 0.2) is 5.76 Å². The smallest absolute Gasteiger partial charge is 0.204 e. The van der Waals surface area contributed by atoms with E-state index in [1.807, 2.05) is 0 Å². The highest BCUT2D eigenvalue weighted by molar-refractivity contribution is 6.01. The van der Waals surface area contributed by atoms with Crippen LogP contribution in [0.3, 0.4) is 0 Å².